The van der Waals surface area contributed by atoms with Gasteiger partial charge < -0.3 is 9.80 Å². The lowest BCUT2D eigenvalue weighted by Crippen LogP contribution is -2.58. The van der Waals surface area contributed by atoms with E-state index in [0.717, 1.165) is 31.2 Å². The lowest BCUT2D eigenvalue weighted by molar-refractivity contribution is -0.139. The zero-order chi connectivity index (χ0) is 19.6. The number of piperazine rings is 1. The molecule has 3 heterocycles. The average Bonchev–Trinajstić information content (AvgIpc) is 3.25. The number of carbonyl (C=O) groups is 1. The monoisotopic (exact) mass is 376 g/mol. The third kappa shape index (κ3) is 3.09. The minimum Gasteiger partial charge on any atom is -0.350 e. The summed E-state index contributed by atoms with van der Waals surface area (Å²) in [5, 5.41) is 9.31. The summed E-state index contributed by atoms with van der Waals surface area (Å²) in [6.45, 7) is 3.97. The molecule has 0 radical (unpaired) electrons. The molecule has 1 aliphatic heterocycles. The predicted octanol–water partition coefficient (Wildman–Crippen LogP) is 2.29. The molecule has 144 valence electrons. The molecule has 2 fully saturated rings. The Labute approximate surface area is 165 Å². The third-order valence-electron chi connectivity index (χ3n) is 6.05. The van der Waals surface area contributed by atoms with Gasteiger partial charge in [0.25, 0.3) is 0 Å². The molecule has 7 heteroatoms. The molecule has 0 aromatic carbocycles. The Morgan fingerprint density at radius 2 is 2.00 bits per heavy atom. The Bertz CT molecular complexity index is 887. The third-order valence-corrected chi connectivity index (χ3v) is 6.05. The minimum atomic E-state index is -0.449. The highest BCUT2D eigenvalue weighted by molar-refractivity contribution is 5.89. The summed E-state index contributed by atoms with van der Waals surface area (Å²) in [5.74, 6) is 0.816. The van der Waals surface area contributed by atoms with E-state index in [-0.39, 0.29) is 11.9 Å². The molecule has 2 aromatic rings. The SMILES string of the molecule is CC1CN(c2nccnc2C#N)CCN1C(=O)C1(c2cccnc2)CCCC1. The van der Waals surface area contributed by atoms with Gasteiger partial charge in [0.2, 0.25) is 5.91 Å². The summed E-state index contributed by atoms with van der Waals surface area (Å²) in [6, 6.07) is 6.10. The van der Waals surface area contributed by atoms with Crippen molar-refractivity contribution in [2.45, 2.75) is 44.1 Å². The fourth-order valence-corrected chi connectivity index (χ4v) is 4.62. The van der Waals surface area contributed by atoms with Crippen LogP contribution >= 0.6 is 0 Å². The average molecular weight is 376 g/mol. The van der Waals surface area contributed by atoms with Crippen molar-refractivity contribution in [1.82, 2.24) is 19.9 Å². The Kier molecular flexibility index (Phi) is 4.95. The van der Waals surface area contributed by atoms with Crippen LogP contribution in [0.25, 0.3) is 0 Å². The highest BCUT2D eigenvalue weighted by Gasteiger charge is 2.46. The predicted molar refractivity (Wildman–Crippen MR) is 105 cm³/mol. The number of hydrogen-bond donors (Lipinski definition) is 0. The van der Waals surface area contributed by atoms with Crippen molar-refractivity contribution in [2.24, 2.45) is 0 Å². The van der Waals surface area contributed by atoms with E-state index in [1.54, 1.807) is 12.4 Å². The van der Waals surface area contributed by atoms with E-state index in [1.165, 1.54) is 6.20 Å². The topological polar surface area (TPSA) is 86.0 Å². The number of nitriles is 1. The summed E-state index contributed by atoms with van der Waals surface area (Å²) in [6.07, 6.45) is 10.6. The Hall–Kier alpha value is -3.01. The fourth-order valence-electron chi connectivity index (χ4n) is 4.62. The van der Waals surface area contributed by atoms with E-state index in [4.69, 9.17) is 0 Å². The van der Waals surface area contributed by atoms with Gasteiger partial charge in [-0.15, -0.1) is 0 Å². The van der Waals surface area contributed by atoms with Gasteiger partial charge in [-0.2, -0.15) is 5.26 Å². The molecule has 1 saturated carbocycles. The van der Waals surface area contributed by atoms with Crippen LogP contribution < -0.4 is 4.90 Å². The number of aromatic nitrogens is 3. The summed E-state index contributed by atoms with van der Waals surface area (Å²) in [4.78, 5) is 30.5. The maximum atomic E-state index is 13.7. The van der Waals surface area contributed by atoms with Crippen LogP contribution in [0, 0.1) is 11.3 Å². The minimum absolute atomic E-state index is 0.0314. The molecule has 1 amide bonds. The molecule has 1 unspecified atom stereocenters. The van der Waals surface area contributed by atoms with E-state index < -0.39 is 5.41 Å². The first kappa shape index (κ1) is 18.4. The zero-order valence-corrected chi connectivity index (χ0v) is 16.1. The molecule has 0 bridgehead atoms. The van der Waals surface area contributed by atoms with Gasteiger partial charge in [-0.1, -0.05) is 18.9 Å². The van der Waals surface area contributed by atoms with Gasteiger partial charge in [-0.3, -0.25) is 9.78 Å². The molecule has 1 saturated heterocycles. The molecule has 4 rings (SSSR count). The molecule has 1 atom stereocenters. The summed E-state index contributed by atoms with van der Waals surface area (Å²) >= 11 is 0. The van der Waals surface area contributed by atoms with Crippen molar-refractivity contribution in [3.8, 4) is 6.07 Å². The first-order valence-corrected chi connectivity index (χ1v) is 9.83. The normalized spacial score (nSPS) is 21.4. The van der Waals surface area contributed by atoms with Crippen molar-refractivity contribution < 1.29 is 4.79 Å². The summed E-state index contributed by atoms with van der Waals surface area (Å²) in [5.41, 5.74) is 0.916. The van der Waals surface area contributed by atoms with Crippen LogP contribution in [0.5, 0.6) is 0 Å². The van der Waals surface area contributed by atoms with Gasteiger partial charge in [0.15, 0.2) is 11.5 Å². The molecule has 7 nitrogen and oxygen atoms in total. The highest BCUT2D eigenvalue weighted by atomic mass is 16.2. The van der Waals surface area contributed by atoms with Gasteiger partial charge in [-0.05, 0) is 31.4 Å². The van der Waals surface area contributed by atoms with Crippen LogP contribution in [-0.4, -0.2) is 51.4 Å². The Morgan fingerprint density at radius 3 is 2.68 bits per heavy atom. The van der Waals surface area contributed by atoms with Gasteiger partial charge >= 0.3 is 0 Å². The van der Waals surface area contributed by atoms with Gasteiger partial charge in [0, 0.05) is 50.5 Å². The van der Waals surface area contributed by atoms with Crippen molar-refractivity contribution in [2.75, 3.05) is 24.5 Å². The molecule has 2 aromatic heterocycles. The highest BCUT2D eigenvalue weighted by Crippen LogP contribution is 2.43. The number of anilines is 1. The maximum absolute atomic E-state index is 13.7. The van der Waals surface area contributed by atoms with E-state index in [2.05, 4.69) is 32.8 Å². The van der Waals surface area contributed by atoms with Crippen LogP contribution in [0.3, 0.4) is 0 Å². The maximum Gasteiger partial charge on any atom is 0.233 e. The summed E-state index contributed by atoms with van der Waals surface area (Å²) in [7, 11) is 0. The smallest absolute Gasteiger partial charge is 0.233 e. The number of hydrogen-bond acceptors (Lipinski definition) is 6. The number of carbonyl (C=O) groups excluding carboxylic acids is 1. The standard InChI is InChI=1S/C21H24N6O/c1-16-15-26(19-18(13-22)24-9-10-25-19)11-12-27(16)20(28)21(6-2-3-7-21)17-5-4-8-23-14-17/h4-5,8-10,14,16H,2-3,6-7,11-12,15H2,1H3. The van der Waals surface area contributed by atoms with Crippen molar-refractivity contribution >= 4 is 11.7 Å². The molecule has 1 aliphatic carbocycles. The van der Waals surface area contributed by atoms with Gasteiger partial charge in [-0.25, -0.2) is 9.97 Å². The number of pyridine rings is 1. The fraction of sp³-hybridized carbons (Fsp3) is 0.476. The second-order valence-corrected chi connectivity index (χ2v) is 7.66. The van der Waals surface area contributed by atoms with E-state index in [9.17, 15) is 10.1 Å². The van der Waals surface area contributed by atoms with Crippen LogP contribution in [0.4, 0.5) is 5.82 Å². The quantitative estimate of drug-likeness (QED) is 0.817. The van der Waals surface area contributed by atoms with E-state index >= 15 is 0 Å². The number of rotatable bonds is 3. The van der Waals surface area contributed by atoms with Gasteiger partial charge in [0.05, 0.1) is 5.41 Å². The number of amides is 1. The van der Waals surface area contributed by atoms with Crippen molar-refractivity contribution in [1.29, 1.82) is 5.26 Å². The molecule has 0 N–H and O–H groups in total. The number of nitrogens with zero attached hydrogens (tertiary/aromatic N) is 6. The van der Waals surface area contributed by atoms with E-state index in [0.29, 0.717) is 31.1 Å². The zero-order valence-electron chi connectivity index (χ0n) is 16.1. The molecule has 28 heavy (non-hydrogen) atoms. The largest absolute Gasteiger partial charge is 0.350 e. The first-order chi connectivity index (χ1) is 13.7. The molecule has 2 aliphatic rings. The van der Waals surface area contributed by atoms with Gasteiger partial charge in [0.1, 0.15) is 6.07 Å². The Balaban J connectivity index is 1.56. The first-order valence-electron chi connectivity index (χ1n) is 9.83. The second kappa shape index (κ2) is 7.55. The lowest BCUT2D eigenvalue weighted by atomic mass is 9.78. The van der Waals surface area contributed by atoms with Crippen molar-refractivity contribution in [3.63, 3.8) is 0 Å². The van der Waals surface area contributed by atoms with Crippen LogP contribution in [0.1, 0.15) is 43.9 Å². The molecule has 0 spiro atoms. The van der Waals surface area contributed by atoms with Crippen LogP contribution in [-0.2, 0) is 10.2 Å². The molecular formula is C21H24N6O. The Morgan fingerprint density at radius 1 is 1.21 bits per heavy atom. The lowest BCUT2D eigenvalue weighted by Gasteiger charge is -2.44. The second-order valence-electron chi connectivity index (χ2n) is 7.66. The van der Waals surface area contributed by atoms with E-state index in [1.807, 2.05) is 23.2 Å². The van der Waals surface area contributed by atoms with Crippen LogP contribution in [0.2, 0.25) is 0 Å². The van der Waals surface area contributed by atoms with Crippen LogP contribution in [0.15, 0.2) is 36.9 Å². The summed E-state index contributed by atoms with van der Waals surface area (Å²) < 4.78 is 0. The molecular weight excluding hydrogens is 352 g/mol. The van der Waals surface area contributed by atoms with Crippen molar-refractivity contribution in [3.05, 3.63) is 48.2 Å².